The minimum Gasteiger partial charge on any atom is -0.506 e. The maximum atomic E-state index is 13.1. The number of rotatable bonds is 6. The minimum atomic E-state index is -1.30. The zero-order valence-electron chi connectivity index (χ0n) is 15.9. The molecule has 1 amide bonds. The van der Waals surface area contributed by atoms with Gasteiger partial charge in [-0.15, -0.1) is 0 Å². The van der Waals surface area contributed by atoms with Crippen molar-refractivity contribution in [3.05, 3.63) is 69.5 Å². The smallest absolute Gasteiger partial charge is 0.322 e. The number of benzene rings is 2. The summed E-state index contributed by atoms with van der Waals surface area (Å²) in [6, 6.07) is 13.4. The van der Waals surface area contributed by atoms with Crippen molar-refractivity contribution in [3.8, 4) is 17.6 Å². The molecule has 9 nitrogen and oxygen atoms in total. The lowest BCUT2D eigenvalue weighted by molar-refractivity contribution is -0.135. The Morgan fingerprint density at radius 2 is 1.97 bits per heavy atom. The van der Waals surface area contributed by atoms with E-state index in [1.807, 2.05) is 6.07 Å². The Labute approximate surface area is 170 Å². The molecule has 3 N–H and O–H groups in total. The normalized spacial score (nSPS) is 10.4. The van der Waals surface area contributed by atoms with E-state index in [-0.39, 0.29) is 17.7 Å². The number of carbonyl (C=O) groups excluding carboxylic acids is 1. The van der Waals surface area contributed by atoms with Crippen molar-refractivity contribution in [1.29, 1.82) is 5.26 Å². The fourth-order valence-electron chi connectivity index (χ4n) is 3.15. The van der Waals surface area contributed by atoms with Gasteiger partial charge >= 0.3 is 5.97 Å². The highest BCUT2D eigenvalue weighted by molar-refractivity contribution is 6.04. The molecule has 0 atom stereocenters. The lowest BCUT2D eigenvalue weighted by Gasteiger charge is -2.17. The van der Waals surface area contributed by atoms with Gasteiger partial charge in [-0.25, -0.2) is 0 Å². The van der Waals surface area contributed by atoms with E-state index >= 15 is 0 Å². The molecule has 2 aromatic carbocycles. The quantitative estimate of drug-likeness (QED) is 0.561. The summed E-state index contributed by atoms with van der Waals surface area (Å²) in [5, 5.41) is 30.8. The second kappa shape index (κ2) is 8.36. The van der Waals surface area contributed by atoms with Crippen LogP contribution in [0.1, 0.15) is 21.5 Å². The van der Waals surface area contributed by atoms with E-state index in [4.69, 9.17) is 15.1 Å². The molecular formula is C21H17N3O6. The molecule has 0 spiro atoms. The van der Waals surface area contributed by atoms with E-state index in [9.17, 15) is 19.5 Å². The van der Waals surface area contributed by atoms with E-state index in [1.54, 1.807) is 42.5 Å². The predicted molar refractivity (Wildman–Crippen MR) is 107 cm³/mol. The molecule has 152 valence electrons. The van der Waals surface area contributed by atoms with E-state index in [2.05, 4.69) is 5.32 Å². The highest BCUT2D eigenvalue weighted by atomic mass is 16.5. The fourth-order valence-corrected chi connectivity index (χ4v) is 3.15. The molecule has 30 heavy (non-hydrogen) atoms. The fraction of sp³-hybridized carbons (Fsp3) is 0.143. The molecule has 1 aromatic heterocycles. The summed E-state index contributed by atoms with van der Waals surface area (Å²) in [7, 11) is 1.38. The molecule has 0 saturated heterocycles. The summed E-state index contributed by atoms with van der Waals surface area (Å²) >= 11 is 0. The summed E-state index contributed by atoms with van der Waals surface area (Å²) in [6.07, 6.45) is 0. The van der Waals surface area contributed by atoms with Gasteiger partial charge in [-0.2, -0.15) is 5.26 Å². The van der Waals surface area contributed by atoms with Crippen molar-refractivity contribution in [2.75, 3.05) is 13.7 Å². The third kappa shape index (κ3) is 3.79. The van der Waals surface area contributed by atoms with Crippen molar-refractivity contribution < 1.29 is 24.5 Å². The average molecular weight is 407 g/mol. The number of carboxylic acid groups (broad SMARTS) is 1. The summed E-state index contributed by atoms with van der Waals surface area (Å²) in [5.41, 5.74) is -0.0549. The van der Waals surface area contributed by atoms with Crippen LogP contribution in [0, 0.1) is 11.3 Å². The number of hydrogen-bond acceptors (Lipinski definition) is 6. The second-order valence-electron chi connectivity index (χ2n) is 6.36. The Morgan fingerprint density at radius 3 is 2.63 bits per heavy atom. The number of hydrogen-bond donors (Lipinski definition) is 3. The predicted octanol–water partition coefficient (Wildman–Crippen LogP) is 1.45. The Balaban J connectivity index is 2.27. The first-order valence-corrected chi connectivity index (χ1v) is 8.79. The molecule has 0 bridgehead atoms. The third-order valence-electron chi connectivity index (χ3n) is 4.47. The molecule has 1 heterocycles. The number of methoxy groups -OCH3 is 1. The SMILES string of the molecule is COc1cccc2c1c(O)c(C(=O)NCC(=O)O)c(=O)n2Cc1cccc(C#N)c1. The lowest BCUT2D eigenvalue weighted by Crippen LogP contribution is -2.36. The van der Waals surface area contributed by atoms with Crippen LogP contribution in [-0.4, -0.2) is 40.3 Å². The summed E-state index contributed by atoms with van der Waals surface area (Å²) < 4.78 is 6.55. The van der Waals surface area contributed by atoms with Gasteiger partial charge in [0.2, 0.25) is 0 Å². The Morgan fingerprint density at radius 1 is 1.23 bits per heavy atom. The van der Waals surface area contributed by atoms with Crippen LogP contribution in [-0.2, 0) is 11.3 Å². The van der Waals surface area contributed by atoms with Crippen LogP contribution in [0.3, 0.4) is 0 Å². The van der Waals surface area contributed by atoms with Crippen molar-refractivity contribution in [1.82, 2.24) is 9.88 Å². The molecule has 9 heteroatoms. The number of pyridine rings is 1. The number of nitrogens with zero attached hydrogens (tertiary/aromatic N) is 2. The number of ether oxygens (including phenoxy) is 1. The third-order valence-corrected chi connectivity index (χ3v) is 4.47. The maximum absolute atomic E-state index is 13.1. The Kier molecular flexibility index (Phi) is 5.69. The number of amides is 1. The monoisotopic (exact) mass is 407 g/mol. The van der Waals surface area contributed by atoms with Gasteiger partial charge in [-0.3, -0.25) is 14.4 Å². The largest absolute Gasteiger partial charge is 0.506 e. The minimum absolute atomic E-state index is 0.0114. The average Bonchev–Trinajstić information content (AvgIpc) is 2.74. The summed E-state index contributed by atoms with van der Waals surface area (Å²) in [6.45, 7) is -0.705. The zero-order valence-corrected chi connectivity index (χ0v) is 15.9. The molecule has 0 aliphatic heterocycles. The highest BCUT2D eigenvalue weighted by Gasteiger charge is 2.24. The molecule has 0 radical (unpaired) electrons. The number of carboxylic acids is 1. The number of aromatic hydroxyl groups is 1. The van der Waals surface area contributed by atoms with E-state index < -0.39 is 35.3 Å². The standard InChI is InChI=1S/C21H17N3O6/c1-30-15-7-3-6-14-17(15)19(27)18(20(28)23-10-16(25)26)21(29)24(14)11-13-5-2-4-12(8-13)9-22/h2-8,27H,10-11H2,1H3,(H,23,28)(H,25,26). The second-order valence-corrected chi connectivity index (χ2v) is 6.36. The van der Waals surface area contributed by atoms with Gasteiger partial charge in [0.15, 0.2) is 0 Å². The summed E-state index contributed by atoms with van der Waals surface area (Å²) in [4.78, 5) is 36.4. The zero-order chi connectivity index (χ0) is 21.8. The van der Waals surface area contributed by atoms with Gasteiger partial charge < -0.3 is 24.8 Å². The van der Waals surface area contributed by atoms with Gasteiger partial charge in [0.05, 0.1) is 36.2 Å². The van der Waals surface area contributed by atoms with Crippen molar-refractivity contribution >= 4 is 22.8 Å². The van der Waals surface area contributed by atoms with Gasteiger partial charge in [0, 0.05) is 0 Å². The van der Waals surface area contributed by atoms with Crippen LogP contribution in [0.15, 0.2) is 47.3 Å². The van der Waals surface area contributed by atoms with E-state index in [0.717, 1.165) is 0 Å². The molecule has 0 aliphatic rings. The number of aliphatic carboxylic acids is 1. The molecule has 0 saturated carbocycles. The van der Waals surface area contributed by atoms with Crippen molar-refractivity contribution in [3.63, 3.8) is 0 Å². The van der Waals surface area contributed by atoms with E-state index in [1.165, 1.54) is 11.7 Å². The van der Waals surface area contributed by atoms with Crippen LogP contribution < -0.4 is 15.6 Å². The van der Waals surface area contributed by atoms with Crippen LogP contribution in [0.25, 0.3) is 10.9 Å². The van der Waals surface area contributed by atoms with Gasteiger partial charge in [0.25, 0.3) is 11.5 Å². The number of carbonyl (C=O) groups is 2. The molecule has 0 aliphatic carbocycles. The van der Waals surface area contributed by atoms with Crippen LogP contribution >= 0.6 is 0 Å². The molecule has 0 unspecified atom stereocenters. The van der Waals surface area contributed by atoms with E-state index in [0.29, 0.717) is 16.6 Å². The van der Waals surface area contributed by atoms with Crippen LogP contribution in [0.2, 0.25) is 0 Å². The number of fused-ring (bicyclic) bond motifs is 1. The molecular weight excluding hydrogens is 390 g/mol. The Bertz CT molecular complexity index is 1260. The summed E-state index contributed by atoms with van der Waals surface area (Å²) in [5.74, 6) is -2.68. The number of nitriles is 1. The van der Waals surface area contributed by atoms with Crippen LogP contribution in [0.5, 0.6) is 11.5 Å². The van der Waals surface area contributed by atoms with Gasteiger partial charge in [-0.1, -0.05) is 18.2 Å². The highest BCUT2D eigenvalue weighted by Crippen LogP contribution is 2.34. The molecule has 3 rings (SSSR count). The lowest BCUT2D eigenvalue weighted by atomic mass is 10.1. The van der Waals surface area contributed by atoms with Crippen LogP contribution in [0.4, 0.5) is 0 Å². The Hall–Kier alpha value is -4.32. The van der Waals surface area contributed by atoms with Crippen molar-refractivity contribution in [2.24, 2.45) is 0 Å². The topological polar surface area (TPSA) is 142 Å². The van der Waals surface area contributed by atoms with Gasteiger partial charge in [0.1, 0.15) is 23.6 Å². The molecule has 3 aromatic rings. The first-order chi connectivity index (χ1) is 14.4. The first-order valence-electron chi connectivity index (χ1n) is 8.79. The van der Waals surface area contributed by atoms with Gasteiger partial charge in [-0.05, 0) is 29.8 Å². The first kappa shape index (κ1) is 20.4. The maximum Gasteiger partial charge on any atom is 0.322 e. The molecule has 0 fully saturated rings. The number of aromatic nitrogens is 1. The number of nitrogens with one attached hydrogen (secondary N) is 1. The van der Waals surface area contributed by atoms with Crippen molar-refractivity contribution in [2.45, 2.75) is 6.54 Å².